The molecular weight excluding hydrogens is 238 g/mol. The minimum atomic E-state index is 0.330. The maximum Gasteiger partial charge on any atom is 0.229 e. The lowest BCUT2D eigenvalue weighted by Gasteiger charge is -2.25. The van der Waals surface area contributed by atoms with Crippen LogP contribution in [0.4, 0.5) is 0 Å². The summed E-state index contributed by atoms with van der Waals surface area (Å²) in [5.41, 5.74) is 5.54. The van der Waals surface area contributed by atoms with Crippen LogP contribution >= 0.6 is 0 Å². The minimum Gasteiger partial charge on any atom is -0.339 e. The van der Waals surface area contributed by atoms with Gasteiger partial charge in [-0.1, -0.05) is 25.4 Å². The number of rotatable bonds is 6. The Balaban J connectivity index is 1.90. The van der Waals surface area contributed by atoms with Gasteiger partial charge in [-0.25, -0.2) is 0 Å². The van der Waals surface area contributed by atoms with Crippen molar-refractivity contribution in [3.63, 3.8) is 0 Å². The lowest BCUT2D eigenvalue weighted by Crippen LogP contribution is -2.13. The third-order valence-electron chi connectivity index (χ3n) is 4.51. The van der Waals surface area contributed by atoms with Crippen LogP contribution in [0.5, 0.6) is 0 Å². The molecule has 2 N–H and O–H groups in total. The normalized spacial score (nSPS) is 25.4. The van der Waals surface area contributed by atoms with Gasteiger partial charge in [0.2, 0.25) is 5.89 Å². The second kappa shape index (κ2) is 7.04. The summed E-state index contributed by atoms with van der Waals surface area (Å²) in [6.07, 6.45) is 8.41. The summed E-state index contributed by atoms with van der Waals surface area (Å²) in [6, 6.07) is 0. The molecule has 2 rings (SSSR count). The molecule has 0 spiro atoms. The van der Waals surface area contributed by atoms with Crippen LogP contribution in [0.25, 0.3) is 0 Å². The van der Waals surface area contributed by atoms with E-state index in [-0.39, 0.29) is 0 Å². The molecule has 1 aliphatic rings. The highest BCUT2D eigenvalue weighted by Gasteiger charge is 2.25. The molecule has 108 valence electrons. The third-order valence-corrected chi connectivity index (χ3v) is 4.51. The predicted octanol–water partition coefficient (Wildman–Crippen LogP) is 3.60. The standard InChI is InChI=1S/C15H27N3O/c1-3-12-6-8-13(9-7-12)14-17-15(19-18-14)11(2)5-4-10-16/h11-13H,3-10,16H2,1-2H3. The van der Waals surface area contributed by atoms with Gasteiger partial charge in [0, 0.05) is 11.8 Å². The summed E-state index contributed by atoms with van der Waals surface area (Å²) in [6.45, 7) is 5.16. The van der Waals surface area contributed by atoms with Gasteiger partial charge >= 0.3 is 0 Å². The quantitative estimate of drug-likeness (QED) is 0.853. The highest BCUT2D eigenvalue weighted by molar-refractivity contribution is 5.00. The van der Waals surface area contributed by atoms with Crippen LogP contribution in [0.1, 0.15) is 82.3 Å². The molecule has 1 aromatic heterocycles. The maximum absolute atomic E-state index is 5.54. The van der Waals surface area contributed by atoms with E-state index in [0.29, 0.717) is 11.8 Å². The molecule has 0 saturated heterocycles. The van der Waals surface area contributed by atoms with Gasteiger partial charge in [0.05, 0.1) is 0 Å². The van der Waals surface area contributed by atoms with Crippen molar-refractivity contribution < 1.29 is 4.52 Å². The van der Waals surface area contributed by atoms with Crippen LogP contribution in [-0.2, 0) is 0 Å². The fraction of sp³-hybridized carbons (Fsp3) is 0.867. The SMILES string of the molecule is CCC1CCC(c2noc(C(C)CCCN)n2)CC1. The third kappa shape index (κ3) is 3.78. The first-order chi connectivity index (χ1) is 9.24. The van der Waals surface area contributed by atoms with Crippen molar-refractivity contribution in [1.29, 1.82) is 0 Å². The van der Waals surface area contributed by atoms with Crippen LogP contribution in [0, 0.1) is 5.92 Å². The average Bonchev–Trinajstić information content (AvgIpc) is 2.94. The second-order valence-electron chi connectivity index (χ2n) is 5.95. The molecule has 1 fully saturated rings. The fourth-order valence-corrected chi connectivity index (χ4v) is 2.99. The Bertz CT molecular complexity index is 369. The molecule has 1 saturated carbocycles. The van der Waals surface area contributed by atoms with Gasteiger partial charge < -0.3 is 10.3 Å². The summed E-state index contributed by atoms with van der Waals surface area (Å²) in [5, 5.41) is 4.20. The Hall–Kier alpha value is -0.900. The van der Waals surface area contributed by atoms with Gasteiger partial charge in [0.25, 0.3) is 0 Å². The van der Waals surface area contributed by atoms with Crippen molar-refractivity contribution in [2.24, 2.45) is 11.7 Å². The fourth-order valence-electron chi connectivity index (χ4n) is 2.99. The highest BCUT2D eigenvalue weighted by atomic mass is 16.5. The zero-order chi connectivity index (χ0) is 13.7. The molecule has 0 aliphatic heterocycles. The topological polar surface area (TPSA) is 64.9 Å². The van der Waals surface area contributed by atoms with Crippen LogP contribution in [0.3, 0.4) is 0 Å². The van der Waals surface area contributed by atoms with Crippen molar-refractivity contribution in [2.45, 2.75) is 70.6 Å². The number of aromatic nitrogens is 2. The molecule has 1 heterocycles. The Kier molecular flexibility index (Phi) is 5.37. The van der Waals surface area contributed by atoms with Crippen molar-refractivity contribution >= 4 is 0 Å². The lowest BCUT2D eigenvalue weighted by atomic mass is 9.80. The van der Waals surface area contributed by atoms with Gasteiger partial charge in [0.15, 0.2) is 5.82 Å². The summed E-state index contributed by atoms with van der Waals surface area (Å²) in [5.74, 6) is 3.48. The van der Waals surface area contributed by atoms with Crippen LogP contribution in [-0.4, -0.2) is 16.7 Å². The molecule has 1 aliphatic carbocycles. The summed E-state index contributed by atoms with van der Waals surface area (Å²) in [4.78, 5) is 4.62. The van der Waals surface area contributed by atoms with E-state index in [1.165, 1.54) is 32.1 Å². The lowest BCUT2D eigenvalue weighted by molar-refractivity contribution is 0.301. The largest absolute Gasteiger partial charge is 0.339 e. The van der Waals surface area contributed by atoms with E-state index in [0.717, 1.165) is 37.0 Å². The van der Waals surface area contributed by atoms with Gasteiger partial charge in [-0.2, -0.15) is 4.98 Å². The Labute approximate surface area is 116 Å². The van der Waals surface area contributed by atoms with Gasteiger partial charge in [-0.05, 0) is 51.0 Å². The van der Waals surface area contributed by atoms with E-state index >= 15 is 0 Å². The van der Waals surface area contributed by atoms with E-state index in [2.05, 4.69) is 24.0 Å². The van der Waals surface area contributed by atoms with E-state index in [1.54, 1.807) is 0 Å². The van der Waals surface area contributed by atoms with Crippen molar-refractivity contribution in [1.82, 2.24) is 10.1 Å². The molecule has 19 heavy (non-hydrogen) atoms. The maximum atomic E-state index is 5.54. The number of hydrogen-bond acceptors (Lipinski definition) is 4. The molecular formula is C15H27N3O. The van der Waals surface area contributed by atoms with Crippen LogP contribution < -0.4 is 5.73 Å². The minimum absolute atomic E-state index is 0.330. The second-order valence-corrected chi connectivity index (χ2v) is 5.95. The highest BCUT2D eigenvalue weighted by Crippen LogP contribution is 2.36. The van der Waals surface area contributed by atoms with Crippen molar-refractivity contribution in [3.8, 4) is 0 Å². The molecule has 0 radical (unpaired) electrons. The molecule has 0 aromatic carbocycles. The molecule has 1 unspecified atom stereocenters. The van der Waals surface area contributed by atoms with E-state index in [4.69, 9.17) is 10.3 Å². The van der Waals surface area contributed by atoms with Gasteiger partial charge in [0.1, 0.15) is 0 Å². The zero-order valence-electron chi connectivity index (χ0n) is 12.3. The molecule has 0 amide bonds. The number of nitrogens with zero attached hydrogens (tertiary/aromatic N) is 2. The molecule has 1 aromatic rings. The van der Waals surface area contributed by atoms with Gasteiger partial charge in [-0.3, -0.25) is 0 Å². The zero-order valence-corrected chi connectivity index (χ0v) is 12.3. The smallest absolute Gasteiger partial charge is 0.229 e. The van der Waals surface area contributed by atoms with E-state index in [9.17, 15) is 0 Å². The van der Waals surface area contributed by atoms with E-state index < -0.39 is 0 Å². The van der Waals surface area contributed by atoms with E-state index in [1.807, 2.05) is 0 Å². The number of nitrogens with two attached hydrogens (primary N) is 1. The van der Waals surface area contributed by atoms with Crippen molar-refractivity contribution in [2.75, 3.05) is 6.54 Å². The molecule has 4 heteroatoms. The summed E-state index contributed by atoms with van der Waals surface area (Å²) < 4.78 is 5.43. The first kappa shape index (κ1) is 14.5. The average molecular weight is 265 g/mol. The first-order valence-corrected chi connectivity index (χ1v) is 7.78. The Morgan fingerprint density at radius 2 is 2.05 bits per heavy atom. The van der Waals surface area contributed by atoms with Crippen LogP contribution in [0.2, 0.25) is 0 Å². The van der Waals surface area contributed by atoms with Crippen LogP contribution in [0.15, 0.2) is 4.52 Å². The Morgan fingerprint density at radius 3 is 2.68 bits per heavy atom. The molecule has 4 nitrogen and oxygen atoms in total. The van der Waals surface area contributed by atoms with Crippen molar-refractivity contribution in [3.05, 3.63) is 11.7 Å². The monoisotopic (exact) mass is 265 g/mol. The molecule has 0 bridgehead atoms. The Morgan fingerprint density at radius 1 is 1.32 bits per heavy atom. The summed E-state index contributed by atoms with van der Waals surface area (Å²) in [7, 11) is 0. The molecule has 1 atom stereocenters. The van der Waals surface area contributed by atoms with Gasteiger partial charge in [-0.15, -0.1) is 0 Å². The predicted molar refractivity (Wildman–Crippen MR) is 76.0 cm³/mol. The summed E-state index contributed by atoms with van der Waals surface area (Å²) >= 11 is 0. The first-order valence-electron chi connectivity index (χ1n) is 7.78. The number of hydrogen-bond donors (Lipinski definition) is 1.